The third-order valence-electron chi connectivity index (χ3n) is 9.70. The van der Waals surface area contributed by atoms with E-state index in [-0.39, 0.29) is 142 Å². The van der Waals surface area contributed by atoms with E-state index < -0.39 is 24.9 Å². The van der Waals surface area contributed by atoms with Gasteiger partial charge in [-0.2, -0.15) is 0 Å². The number of nitrogens with zero attached hydrogens (tertiary/aromatic N) is 2. The molecular formula is C41H41K2N2O6P. The van der Waals surface area contributed by atoms with Crippen LogP contribution in [0.2, 0.25) is 0 Å². The van der Waals surface area contributed by atoms with Crippen LogP contribution in [0.3, 0.4) is 0 Å². The van der Waals surface area contributed by atoms with Crippen LogP contribution in [0.15, 0.2) is 121 Å². The third kappa shape index (κ3) is 8.82. The summed E-state index contributed by atoms with van der Waals surface area (Å²) in [4.78, 5) is 66.8. The number of ketones is 1. The monoisotopic (exact) mass is 766 g/mol. The Bertz CT molecular complexity index is 2330. The molecular weight excluding hydrogens is 726 g/mol. The molecule has 52 heavy (non-hydrogen) atoms. The third-order valence-corrected chi connectivity index (χ3v) is 10.9. The van der Waals surface area contributed by atoms with Crippen LogP contribution in [0.5, 0.6) is 0 Å². The van der Waals surface area contributed by atoms with Crippen LogP contribution in [-0.4, -0.2) is 63.4 Å². The van der Waals surface area contributed by atoms with Gasteiger partial charge in [0, 0.05) is 37.3 Å². The summed E-state index contributed by atoms with van der Waals surface area (Å²) in [6.07, 6.45) is 1.08. The molecule has 2 N–H and O–H groups in total. The second-order valence-corrected chi connectivity index (χ2v) is 14.4. The van der Waals surface area contributed by atoms with Crippen molar-refractivity contribution in [2.24, 2.45) is 0 Å². The summed E-state index contributed by atoms with van der Waals surface area (Å²) in [5, 5.41) is 4.76. The number of benzene rings is 6. The van der Waals surface area contributed by atoms with E-state index in [2.05, 4.69) is 0 Å². The fourth-order valence-electron chi connectivity index (χ4n) is 7.05. The molecule has 1 saturated heterocycles. The van der Waals surface area contributed by atoms with Crippen LogP contribution in [0.25, 0.3) is 32.3 Å². The average molecular weight is 767 g/mol. The predicted octanol–water partition coefficient (Wildman–Crippen LogP) is 2.49. The molecule has 2 amide bonds. The quantitative estimate of drug-likeness (QED) is 0.147. The van der Waals surface area contributed by atoms with Gasteiger partial charge in [0.15, 0.2) is 5.78 Å². The summed E-state index contributed by atoms with van der Waals surface area (Å²) in [6, 6.07) is 36.0. The molecule has 0 bridgehead atoms. The molecule has 0 aliphatic carbocycles. The summed E-state index contributed by atoms with van der Waals surface area (Å²) < 4.78 is 13.1. The molecule has 0 aromatic heterocycles. The van der Waals surface area contributed by atoms with E-state index in [0.717, 1.165) is 21.5 Å². The number of Topliss-reactive ketones (excluding diaryl/α,β-unsaturated/α-hetero) is 1. The van der Waals surface area contributed by atoms with Gasteiger partial charge in [0.25, 0.3) is 11.8 Å². The Kier molecular flexibility index (Phi) is 15.0. The first-order valence-corrected chi connectivity index (χ1v) is 17.9. The van der Waals surface area contributed by atoms with Crippen LogP contribution in [0.1, 0.15) is 65.4 Å². The molecule has 11 heteroatoms. The van der Waals surface area contributed by atoms with Gasteiger partial charge in [0.1, 0.15) is 5.66 Å². The van der Waals surface area contributed by atoms with E-state index in [0.29, 0.717) is 42.3 Å². The molecule has 7 rings (SSSR count). The van der Waals surface area contributed by atoms with E-state index >= 15 is 0 Å². The number of amides is 2. The smallest absolute Gasteiger partial charge is 1.00 e. The number of carbonyl (C=O) groups is 3. The first-order valence-electron chi connectivity index (χ1n) is 16.3. The Morgan fingerprint density at radius 3 is 1.85 bits per heavy atom. The molecule has 0 radical (unpaired) electrons. The zero-order valence-electron chi connectivity index (χ0n) is 30.9. The maximum atomic E-state index is 14.4. The van der Waals surface area contributed by atoms with Crippen molar-refractivity contribution in [2.75, 3.05) is 20.1 Å². The number of hydrogen-bond acceptors (Lipinski definition) is 4. The number of piperidine rings is 1. The minimum atomic E-state index is -5.05. The Labute approximate surface area is 391 Å². The van der Waals surface area contributed by atoms with Crippen LogP contribution in [0, 0.1) is 0 Å². The second kappa shape index (κ2) is 18.2. The molecule has 0 spiro atoms. The molecule has 1 aliphatic heterocycles. The van der Waals surface area contributed by atoms with E-state index in [1.165, 1.54) is 0 Å². The molecule has 1 aliphatic rings. The maximum absolute atomic E-state index is 14.4. The van der Waals surface area contributed by atoms with Crippen LogP contribution in [0.4, 0.5) is 0 Å². The zero-order chi connectivity index (χ0) is 34.3. The Morgan fingerprint density at radius 1 is 0.712 bits per heavy atom. The Morgan fingerprint density at radius 2 is 1.23 bits per heavy atom. The summed E-state index contributed by atoms with van der Waals surface area (Å²) >= 11 is 0. The molecule has 1 fully saturated rings. The van der Waals surface area contributed by atoms with Crippen molar-refractivity contribution in [2.45, 2.75) is 32.0 Å². The van der Waals surface area contributed by atoms with Gasteiger partial charge in [-0.1, -0.05) is 104 Å². The molecule has 6 aromatic carbocycles. The number of likely N-dealkylation sites (tertiary alicyclic amines) is 1. The fourth-order valence-corrected chi connectivity index (χ4v) is 8.08. The van der Waals surface area contributed by atoms with Gasteiger partial charge in [-0.15, -0.1) is 0 Å². The maximum Gasteiger partial charge on any atom is 1.00 e. The van der Waals surface area contributed by atoms with Crippen molar-refractivity contribution < 1.29 is 134 Å². The molecule has 258 valence electrons. The number of hydrogen-bond donors (Lipinski definition) is 2. The van der Waals surface area contributed by atoms with Gasteiger partial charge < -0.3 is 22.4 Å². The first kappa shape index (κ1) is 42.9. The van der Waals surface area contributed by atoms with Crippen molar-refractivity contribution in [3.63, 3.8) is 0 Å². The van der Waals surface area contributed by atoms with E-state index in [1.807, 2.05) is 78.9 Å². The topological polar surface area (TPSA) is 115 Å². The van der Waals surface area contributed by atoms with Gasteiger partial charge in [-0.05, 0) is 75.0 Å². The zero-order valence-corrected chi connectivity index (χ0v) is 36.0. The van der Waals surface area contributed by atoms with Gasteiger partial charge in [0.05, 0.1) is 5.56 Å². The molecule has 1 unspecified atom stereocenters. The molecule has 1 heterocycles. The van der Waals surface area contributed by atoms with Crippen molar-refractivity contribution >= 4 is 57.5 Å². The minimum absolute atomic E-state index is 0. The standard InChI is InChI=1S/C40H35N2O6P.CH4.2K.2H/c1-41(32-19-21-42(22-20-32)39(44)31-18-17-26-9-2-3-11-28(26)23-31)40(45)36-25-30-13-5-4-12-29(30)24-35(36)37(43)38(49(46,47)48)34-16-8-14-27-10-6-7-15-33(27)34;;;;;/h2-18,23-25,32,38H,19-22H2,1H3,(H2,46,47,48);1H4;;;;/q;;2*+1;2*-1. The van der Waals surface area contributed by atoms with Crippen molar-refractivity contribution in [1.82, 2.24) is 9.80 Å². The van der Waals surface area contributed by atoms with E-state index in [1.54, 1.807) is 59.3 Å². The van der Waals surface area contributed by atoms with Crippen molar-refractivity contribution in [3.8, 4) is 0 Å². The summed E-state index contributed by atoms with van der Waals surface area (Å²) in [6.45, 7) is 0.914. The normalized spacial score (nSPS) is 13.8. The van der Waals surface area contributed by atoms with E-state index in [4.69, 9.17) is 0 Å². The van der Waals surface area contributed by atoms with Gasteiger partial charge in [0.2, 0.25) is 0 Å². The van der Waals surface area contributed by atoms with E-state index in [9.17, 15) is 28.7 Å². The average Bonchev–Trinajstić information content (AvgIpc) is 3.12. The molecule has 6 aromatic rings. The van der Waals surface area contributed by atoms with Crippen molar-refractivity contribution in [3.05, 3.63) is 144 Å². The SMILES string of the molecule is C.CN(C(=O)c1cc2ccccc2cc1C(=O)C(c1cccc2ccccc12)P(=O)(O)O)C1CCN(C(=O)c2ccc3ccccc3c2)CC1.[H-].[H-].[K+].[K+]. The minimum Gasteiger partial charge on any atom is -1.00 e. The first-order chi connectivity index (χ1) is 23.6. The largest absolute Gasteiger partial charge is 1.00 e. The number of carbonyl (C=O) groups excluding carboxylic acids is 3. The van der Waals surface area contributed by atoms with Gasteiger partial charge >= 0.3 is 110 Å². The summed E-state index contributed by atoms with van der Waals surface area (Å²) in [7, 11) is -3.37. The van der Waals surface area contributed by atoms with Crippen LogP contribution < -0.4 is 103 Å². The Hall–Kier alpha value is -1.87. The second-order valence-electron chi connectivity index (χ2n) is 12.7. The Balaban J connectivity index is 0.00000202. The molecule has 1 atom stereocenters. The molecule has 8 nitrogen and oxygen atoms in total. The van der Waals surface area contributed by atoms with Gasteiger partial charge in [-0.25, -0.2) is 0 Å². The van der Waals surface area contributed by atoms with Crippen molar-refractivity contribution in [1.29, 1.82) is 0 Å². The van der Waals surface area contributed by atoms with Crippen LogP contribution >= 0.6 is 7.60 Å². The number of fused-ring (bicyclic) bond motifs is 3. The summed E-state index contributed by atoms with van der Waals surface area (Å²) in [5.41, 5.74) is -0.937. The predicted molar refractivity (Wildman–Crippen MR) is 201 cm³/mol. The molecule has 0 saturated carbocycles. The van der Waals surface area contributed by atoms with Gasteiger partial charge in [-0.3, -0.25) is 18.9 Å². The van der Waals surface area contributed by atoms with Crippen LogP contribution in [-0.2, 0) is 4.57 Å². The summed E-state index contributed by atoms with van der Waals surface area (Å²) in [5.74, 6) is -1.30. The number of rotatable bonds is 7. The fraction of sp³-hybridized carbons (Fsp3) is 0.195.